The lowest BCUT2D eigenvalue weighted by Gasteiger charge is -2.37. The molecule has 1 fully saturated rings. The van der Waals surface area contributed by atoms with Gasteiger partial charge in [0.05, 0.1) is 0 Å². The van der Waals surface area contributed by atoms with E-state index in [4.69, 9.17) is 0 Å². The number of nitrogens with zero attached hydrogens (tertiary/aromatic N) is 2. The molecule has 0 saturated carbocycles. The van der Waals surface area contributed by atoms with Gasteiger partial charge in [0.15, 0.2) is 0 Å². The summed E-state index contributed by atoms with van der Waals surface area (Å²) in [5.74, 6) is 0.113. The maximum Gasteiger partial charge on any atom is 0.249 e. The SMILES string of the molecule is CC1CN(C(=O)C2=CCCCCC2)CC(=O)N1C. The molecule has 0 aromatic rings. The molecule has 0 aromatic heterocycles. The molecule has 1 saturated heterocycles. The average molecular weight is 250 g/mol. The first-order chi connectivity index (χ1) is 8.59. The van der Waals surface area contributed by atoms with Crippen molar-refractivity contribution in [1.82, 2.24) is 9.80 Å². The molecule has 18 heavy (non-hydrogen) atoms. The molecule has 1 atom stereocenters. The highest BCUT2D eigenvalue weighted by Gasteiger charge is 2.30. The molecule has 2 rings (SSSR count). The second-order valence-corrected chi connectivity index (χ2v) is 5.37. The number of rotatable bonds is 1. The fourth-order valence-corrected chi connectivity index (χ4v) is 2.59. The summed E-state index contributed by atoms with van der Waals surface area (Å²) in [5, 5.41) is 0. The Balaban J connectivity index is 2.04. The van der Waals surface area contributed by atoms with Crippen LogP contribution >= 0.6 is 0 Å². The molecule has 2 aliphatic rings. The van der Waals surface area contributed by atoms with Crippen molar-refractivity contribution in [2.24, 2.45) is 0 Å². The highest BCUT2D eigenvalue weighted by atomic mass is 16.2. The molecular weight excluding hydrogens is 228 g/mol. The summed E-state index contributed by atoms with van der Waals surface area (Å²) in [6.07, 6.45) is 7.41. The van der Waals surface area contributed by atoms with Crippen LogP contribution in [-0.2, 0) is 9.59 Å². The van der Waals surface area contributed by atoms with E-state index in [1.54, 1.807) is 16.8 Å². The van der Waals surface area contributed by atoms with Crippen LogP contribution in [0.3, 0.4) is 0 Å². The van der Waals surface area contributed by atoms with Crippen LogP contribution in [0.2, 0.25) is 0 Å². The van der Waals surface area contributed by atoms with Gasteiger partial charge in [-0.15, -0.1) is 0 Å². The number of carbonyl (C=O) groups excluding carboxylic acids is 2. The minimum absolute atomic E-state index is 0.0383. The van der Waals surface area contributed by atoms with E-state index in [1.165, 1.54) is 12.8 Å². The fraction of sp³-hybridized carbons (Fsp3) is 0.714. The monoisotopic (exact) mass is 250 g/mol. The van der Waals surface area contributed by atoms with E-state index in [9.17, 15) is 9.59 Å². The molecule has 0 spiro atoms. The molecule has 0 aromatic carbocycles. The van der Waals surface area contributed by atoms with Gasteiger partial charge in [0.2, 0.25) is 11.8 Å². The van der Waals surface area contributed by atoms with Crippen LogP contribution in [0.15, 0.2) is 11.6 Å². The van der Waals surface area contributed by atoms with Crippen LogP contribution in [0, 0.1) is 0 Å². The molecular formula is C14H22N2O2. The summed E-state index contributed by atoms with van der Waals surface area (Å²) in [6, 6.07) is 0.113. The first kappa shape index (κ1) is 13.1. The van der Waals surface area contributed by atoms with Gasteiger partial charge in [-0.05, 0) is 32.6 Å². The normalized spacial score (nSPS) is 25.8. The van der Waals surface area contributed by atoms with E-state index in [2.05, 4.69) is 6.08 Å². The Morgan fingerprint density at radius 2 is 2.11 bits per heavy atom. The summed E-state index contributed by atoms with van der Waals surface area (Å²) in [6.45, 7) is 2.87. The van der Waals surface area contributed by atoms with Crippen molar-refractivity contribution in [2.75, 3.05) is 20.1 Å². The molecule has 1 heterocycles. The Hall–Kier alpha value is -1.32. The van der Waals surface area contributed by atoms with Crippen LogP contribution in [0.4, 0.5) is 0 Å². The number of amides is 2. The van der Waals surface area contributed by atoms with Gasteiger partial charge in [-0.3, -0.25) is 9.59 Å². The summed E-state index contributed by atoms with van der Waals surface area (Å²) in [5.41, 5.74) is 0.914. The minimum atomic E-state index is 0.0383. The second-order valence-electron chi connectivity index (χ2n) is 5.37. The van der Waals surface area contributed by atoms with Crippen molar-refractivity contribution < 1.29 is 9.59 Å². The van der Waals surface area contributed by atoms with E-state index in [0.717, 1.165) is 24.8 Å². The lowest BCUT2D eigenvalue weighted by Crippen LogP contribution is -2.55. The first-order valence-corrected chi connectivity index (χ1v) is 6.83. The molecule has 1 aliphatic heterocycles. The summed E-state index contributed by atoms with van der Waals surface area (Å²) in [7, 11) is 1.81. The average Bonchev–Trinajstić information content (AvgIpc) is 2.63. The zero-order chi connectivity index (χ0) is 13.1. The number of hydrogen-bond donors (Lipinski definition) is 0. The Morgan fingerprint density at radius 3 is 2.83 bits per heavy atom. The quantitative estimate of drug-likeness (QED) is 0.708. The van der Waals surface area contributed by atoms with Crippen molar-refractivity contribution >= 4 is 11.8 Å². The van der Waals surface area contributed by atoms with E-state index in [1.807, 2.05) is 6.92 Å². The van der Waals surface area contributed by atoms with E-state index in [0.29, 0.717) is 6.54 Å². The third-order valence-electron chi connectivity index (χ3n) is 3.97. The van der Waals surface area contributed by atoms with Crippen LogP contribution in [0.5, 0.6) is 0 Å². The number of carbonyl (C=O) groups is 2. The first-order valence-electron chi connectivity index (χ1n) is 6.83. The molecule has 0 radical (unpaired) electrons. The van der Waals surface area contributed by atoms with Crippen molar-refractivity contribution in [2.45, 2.75) is 45.1 Å². The molecule has 0 bridgehead atoms. The van der Waals surface area contributed by atoms with E-state index in [-0.39, 0.29) is 24.4 Å². The van der Waals surface area contributed by atoms with Gasteiger partial charge in [0.1, 0.15) is 6.54 Å². The van der Waals surface area contributed by atoms with Crippen molar-refractivity contribution in [3.63, 3.8) is 0 Å². The minimum Gasteiger partial charge on any atom is -0.340 e. The van der Waals surface area contributed by atoms with Gasteiger partial charge < -0.3 is 9.80 Å². The third kappa shape index (κ3) is 2.74. The number of piperazine rings is 1. The van der Waals surface area contributed by atoms with Crippen LogP contribution < -0.4 is 0 Å². The fourth-order valence-electron chi connectivity index (χ4n) is 2.59. The Morgan fingerprint density at radius 1 is 1.33 bits per heavy atom. The lowest BCUT2D eigenvalue weighted by atomic mass is 10.1. The number of likely N-dealkylation sites (N-methyl/N-ethyl adjacent to an activating group) is 1. The summed E-state index contributed by atoms with van der Waals surface area (Å²) >= 11 is 0. The van der Waals surface area contributed by atoms with E-state index < -0.39 is 0 Å². The van der Waals surface area contributed by atoms with Crippen LogP contribution in [-0.4, -0.2) is 47.8 Å². The van der Waals surface area contributed by atoms with Crippen molar-refractivity contribution in [3.8, 4) is 0 Å². The predicted molar refractivity (Wildman–Crippen MR) is 70.0 cm³/mol. The summed E-state index contributed by atoms with van der Waals surface area (Å²) < 4.78 is 0. The molecule has 1 unspecified atom stereocenters. The Labute approximate surface area is 109 Å². The van der Waals surface area contributed by atoms with Gasteiger partial charge in [-0.1, -0.05) is 12.5 Å². The maximum absolute atomic E-state index is 12.4. The molecule has 100 valence electrons. The topological polar surface area (TPSA) is 40.6 Å². The lowest BCUT2D eigenvalue weighted by molar-refractivity contribution is -0.145. The molecule has 0 N–H and O–H groups in total. The number of hydrogen-bond acceptors (Lipinski definition) is 2. The predicted octanol–water partition coefficient (Wildman–Crippen LogP) is 1.57. The van der Waals surface area contributed by atoms with Crippen molar-refractivity contribution in [3.05, 3.63) is 11.6 Å². The van der Waals surface area contributed by atoms with Gasteiger partial charge in [-0.2, -0.15) is 0 Å². The maximum atomic E-state index is 12.4. The Bertz CT molecular complexity index is 376. The van der Waals surface area contributed by atoms with Gasteiger partial charge in [-0.25, -0.2) is 0 Å². The van der Waals surface area contributed by atoms with Gasteiger partial charge in [0, 0.05) is 25.2 Å². The number of allylic oxidation sites excluding steroid dienone is 1. The van der Waals surface area contributed by atoms with Gasteiger partial charge >= 0.3 is 0 Å². The highest BCUT2D eigenvalue weighted by molar-refractivity contribution is 5.96. The molecule has 2 amide bonds. The van der Waals surface area contributed by atoms with Gasteiger partial charge in [0.25, 0.3) is 0 Å². The standard InChI is InChI=1S/C14H22N2O2/c1-11-9-16(10-13(17)15(11)2)14(18)12-7-5-3-4-6-8-12/h7,11H,3-6,8-10H2,1-2H3. The molecule has 1 aliphatic carbocycles. The molecule has 4 heteroatoms. The van der Waals surface area contributed by atoms with Crippen molar-refractivity contribution in [1.29, 1.82) is 0 Å². The van der Waals surface area contributed by atoms with Crippen LogP contribution in [0.25, 0.3) is 0 Å². The smallest absolute Gasteiger partial charge is 0.249 e. The third-order valence-corrected chi connectivity index (χ3v) is 3.97. The Kier molecular flexibility index (Phi) is 4.04. The van der Waals surface area contributed by atoms with Crippen LogP contribution in [0.1, 0.15) is 39.0 Å². The highest BCUT2D eigenvalue weighted by Crippen LogP contribution is 2.20. The largest absolute Gasteiger partial charge is 0.340 e. The zero-order valence-electron chi connectivity index (χ0n) is 11.3. The summed E-state index contributed by atoms with van der Waals surface area (Å²) in [4.78, 5) is 27.6. The zero-order valence-corrected chi connectivity index (χ0v) is 11.3. The second kappa shape index (κ2) is 5.55. The van der Waals surface area contributed by atoms with E-state index >= 15 is 0 Å². The molecule has 4 nitrogen and oxygen atoms in total.